The maximum Gasteiger partial charge on any atom is 0.261 e. The van der Waals surface area contributed by atoms with Crippen LogP contribution in [0.15, 0.2) is 59.5 Å². The van der Waals surface area contributed by atoms with Crippen molar-refractivity contribution in [1.82, 2.24) is 10.2 Å². The number of nitrogens with zero attached hydrogens (tertiary/aromatic N) is 2. The second-order valence-corrected chi connectivity index (χ2v) is 7.95. The molecule has 3 aromatic rings. The smallest absolute Gasteiger partial charge is 0.261 e. The van der Waals surface area contributed by atoms with Gasteiger partial charge in [0.25, 0.3) is 10.0 Å². The Morgan fingerprint density at radius 2 is 1.70 bits per heavy atom. The van der Waals surface area contributed by atoms with Gasteiger partial charge in [-0.2, -0.15) is 0 Å². The van der Waals surface area contributed by atoms with Gasteiger partial charge >= 0.3 is 0 Å². The van der Waals surface area contributed by atoms with Gasteiger partial charge in [-0.15, -0.1) is 10.2 Å². The van der Waals surface area contributed by atoms with Gasteiger partial charge in [-0.3, -0.25) is 4.72 Å². The summed E-state index contributed by atoms with van der Waals surface area (Å²) >= 11 is 11.7. The lowest BCUT2D eigenvalue weighted by Gasteiger charge is -2.09. The summed E-state index contributed by atoms with van der Waals surface area (Å²) in [4.78, 5) is 0.0263. The van der Waals surface area contributed by atoms with Crippen molar-refractivity contribution in [1.29, 1.82) is 0 Å². The Hall–Kier alpha value is -2.35. The van der Waals surface area contributed by atoms with E-state index in [4.69, 9.17) is 27.9 Å². The fraction of sp³-hybridized carbons (Fsp3) is 0.111. The van der Waals surface area contributed by atoms with E-state index in [0.717, 1.165) is 5.56 Å². The van der Waals surface area contributed by atoms with Gasteiger partial charge in [0, 0.05) is 17.3 Å². The van der Waals surface area contributed by atoms with Crippen LogP contribution in [0.5, 0.6) is 5.88 Å². The van der Waals surface area contributed by atoms with Crippen LogP contribution in [-0.2, 0) is 10.0 Å². The Bertz CT molecular complexity index is 1040. The first-order chi connectivity index (χ1) is 12.9. The number of nitrogens with one attached hydrogen (secondary N) is 1. The minimum Gasteiger partial charge on any atom is -0.477 e. The van der Waals surface area contributed by atoms with Crippen molar-refractivity contribution in [3.8, 4) is 17.1 Å². The molecule has 1 aromatic heterocycles. The number of benzene rings is 2. The van der Waals surface area contributed by atoms with Crippen molar-refractivity contribution in [3.63, 3.8) is 0 Å². The summed E-state index contributed by atoms with van der Waals surface area (Å²) < 4.78 is 32.7. The van der Waals surface area contributed by atoms with Crippen LogP contribution in [0, 0.1) is 0 Å². The summed E-state index contributed by atoms with van der Waals surface area (Å²) in [5, 5.41) is 8.53. The molecule has 0 saturated carbocycles. The molecule has 0 atom stereocenters. The average molecular weight is 424 g/mol. The first-order valence-electron chi connectivity index (χ1n) is 7.94. The van der Waals surface area contributed by atoms with Crippen LogP contribution in [0.2, 0.25) is 10.0 Å². The summed E-state index contributed by atoms with van der Waals surface area (Å²) in [6, 6.07) is 14.4. The zero-order chi connectivity index (χ0) is 19.4. The number of ether oxygens (including phenoxy) is 1. The number of sulfonamides is 1. The van der Waals surface area contributed by atoms with Gasteiger partial charge in [-0.05, 0) is 43.3 Å². The Morgan fingerprint density at radius 3 is 2.30 bits per heavy atom. The Labute approximate surface area is 167 Å². The normalized spacial score (nSPS) is 11.2. The molecule has 0 bridgehead atoms. The summed E-state index contributed by atoms with van der Waals surface area (Å²) in [5.41, 5.74) is 1.85. The summed E-state index contributed by atoms with van der Waals surface area (Å²) in [5.74, 6) is 0.451. The summed E-state index contributed by atoms with van der Waals surface area (Å²) in [7, 11) is -3.78. The lowest BCUT2D eigenvalue weighted by molar-refractivity contribution is 0.323. The molecular weight excluding hydrogens is 409 g/mol. The molecule has 140 valence electrons. The lowest BCUT2D eigenvalue weighted by atomic mass is 10.1. The third-order valence-corrected chi connectivity index (χ3v) is 5.68. The third-order valence-electron chi connectivity index (χ3n) is 3.57. The maximum atomic E-state index is 12.5. The predicted molar refractivity (Wildman–Crippen MR) is 106 cm³/mol. The molecule has 0 fully saturated rings. The number of aromatic nitrogens is 2. The van der Waals surface area contributed by atoms with Gasteiger partial charge in [-0.1, -0.05) is 35.3 Å². The average Bonchev–Trinajstić information content (AvgIpc) is 2.65. The Balaban J connectivity index is 1.77. The number of halogens is 2. The fourth-order valence-electron chi connectivity index (χ4n) is 2.27. The highest BCUT2D eigenvalue weighted by Crippen LogP contribution is 2.27. The molecular formula is C18H15Cl2N3O3S. The molecule has 0 saturated heterocycles. The van der Waals surface area contributed by atoms with Crippen LogP contribution < -0.4 is 9.46 Å². The van der Waals surface area contributed by atoms with Crippen molar-refractivity contribution < 1.29 is 13.2 Å². The molecule has 1 heterocycles. The summed E-state index contributed by atoms with van der Waals surface area (Å²) in [6.45, 7) is 2.38. The zero-order valence-corrected chi connectivity index (χ0v) is 16.5. The largest absolute Gasteiger partial charge is 0.477 e. The van der Waals surface area contributed by atoms with E-state index in [2.05, 4.69) is 14.9 Å². The molecule has 6 nitrogen and oxygen atoms in total. The molecule has 27 heavy (non-hydrogen) atoms. The monoisotopic (exact) mass is 423 g/mol. The lowest BCUT2D eigenvalue weighted by Crippen LogP contribution is -2.12. The SMILES string of the molecule is CCOc1ccc(-c2ccc(NS(=O)(=O)c3ccc(Cl)c(Cl)c3)cc2)nn1. The highest BCUT2D eigenvalue weighted by atomic mass is 35.5. The van der Waals surface area contributed by atoms with Crippen LogP contribution in [0.1, 0.15) is 6.92 Å². The van der Waals surface area contributed by atoms with E-state index in [1.54, 1.807) is 36.4 Å². The highest BCUT2D eigenvalue weighted by Gasteiger charge is 2.16. The minimum absolute atomic E-state index is 0.0263. The fourth-order valence-corrected chi connectivity index (χ4v) is 3.71. The van der Waals surface area contributed by atoms with Crippen LogP contribution in [-0.4, -0.2) is 25.2 Å². The summed E-state index contributed by atoms with van der Waals surface area (Å²) in [6.07, 6.45) is 0. The van der Waals surface area contributed by atoms with Crippen molar-refractivity contribution in [2.75, 3.05) is 11.3 Å². The Morgan fingerprint density at radius 1 is 0.963 bits per heavy atom. The first-order valence-corrected chi connectivity index (χ1v) is 10.2. The standard InChI is InChI=1S/C18H15Cl2N3O3S/c1-2-26-18-10-9-17(21-22-18)12-3-5-13(6-4-12)23-27(24,25)14-7-8-15(19)16(20)11-14/h3-11,23H,2H2,1H3. The Kier molecular flexibility index (Phi) is 5.84. The van der Waals surface area contributed by atoms with Gasteiger partial charge in [-0.25, -0.2) is 8.42 Å². The third kappa shape index (κ3) is 4.68. The molecule has 0 radical (unpaired) electrons. The second-order valence-electron chi connectivity index (χ2n) is 5.45. The molecule has 0 unspecified atom stereocenters. The van der Waals surface area contributed by atoms with Gasteiger partial charge < -0.3 is 4.74 Å². The van der Waals surface area contributed by atoms with Crippen LogP contribution in [0.4, 0.5) is 5.69 Å². The van der Waals surface area contributed by atoms with Crippen LogP contribution in [0.3, 0.4) is 0 Å². The van der Waals surface area contributed by atoms with Gasteiger partial charge in [0.05, 0.1) is 27.2 Å². The number of hydrogen-bond donors (Lipinski definition) is 1. The van der Waals surface area contributed by atoms with E-state index >= 15 is 0 Å². The quantitative estimate of drug-likeness (QED) is 0.623. The van der Waals surface area contributed by atoms with E-state index in [9.17, 15) is 8.42 Å². The molecule has 9 heteroatoms. The van der Waals surface area contributed by atoms with Crippen molar-refractivity contribution in [2.24, 2.45) is 0 Å². The van der Waals surface area contributed by atoms with E-state index in [1.165, 1.54) is 18.2 Å². The predicted octanol–water partition coefficient (Wildman–Crippen LogP) is 4.65. The topological polar surface area (TPSA) is 81.2 Å². The molecule has 0 aliphatic carbocycles. The second kappa shape index (κ2) is 8.12. The van der Waals surface area contributed by atoms with E-state index in [1.807, 2.05) is 6.92 Å². The molecule has 0 aliphatic heterocycles. The van der Waals surface area contributed by atoms with E-state index in [-0.39, 0.29) is 14.9 Å². The number of rotatable bonds is 6. The van der Waals surface area contributed by atoms with Crippen molar-refractivity contribution in [2.45, 2.75) is 11.8 Å². The first kappa shape index (κ1) is 19.4. The van der Waals surface area contributed by atoms with Gasteiger partial charge in [0.2, 0.25) is 5.88 Å². The molecule has 1 N–H and O–H groups in total. The van der Waals surface area contributed by atoms with Gasteiger partial charge in [0.1, 0.15) is 0 Å². The minimum atomic E-state index is -3.78. The van der Waals surface area contributed by atoms with Crippen molar-refractivity contribution >= 4 is 38.9 Å². The van der Waals surface area contributed by atoms with E-state index in [0.29, 0.717) is 23.9 Å². The molecule has 3 rings (SSSR count). The zero-order valence-electron chi connectivity index (χ0n) is 14.2. The molecule has 0 aliphatic rings. The highest BCUT2D eigenvalue weighted by molar-refractivity contribution is 7.92. The number of hydrogen-bond acceptors (Lipinski definition) is 5. The molecule has 2 aromatic carbocycles. The van der Waals surface area contributed by atoms with Crippen molar-refractivity contribution in [3.05, 3.63) is 64.6 Å². The van der Waals surface area contributed by atoms with Crippen LogP contribution >= 0.6 is 23.2 Å². The van der Waals surface area contributed by atoms with E-state index < -0.39 is 10.0 Å². The molecule has 0 amide bonds. The molecule has 0 spiro atoms. The number of anilines is 1. The maximum absolute atomic E-state index is 12.5. The van der Waals surface area contributed by atoms with Crippen LogP contribution in [0.25, 0.3) is 11.3 Å². The van der Waals surface area contributed by atoms with Gasteiger partial charge in [0.15, 0.2) is 0 Å².